The Morgan fingerprint density at radius 3 is 2.65 bits per heavy atom. The molecule has 2 aromatic rings. The van der Waals surface area contributed by atoms with Crippen molar-refractivity contribution < 1.29 is 0 Å². The van der Waals surface area contributed by atoms with Crippen molar-refractivity contribution in [3.8, 4) is 0 Å². The molecule has 0 bridgehead atoms. The first-order valence-corrected chi connectivity index (χ1v) is 7.41. The summed E-state index contributed by atoms with van der Waals surface area (Å²) in [6.45, 7) is 4.40. The molecule has 0 spiro atoms. The number of aryl methyl sites for hydroxylation is 1. The number of para-hydroxylation sites is 1. The predicted molar refractivity (Wildman–Crippen MR) is 79.9 cm³/mol. The number of hydrogen-bond acceptors (Lipinski definition) is 2. The number of rotatable bonds is 4. The summed E-state index contributed by atoms with van der Waals surface area (Å²) in [6.07, 6.45) is 1.12. The van der Waals surface area contributed by atoms with Crippen LogP contribution in [-0.4, -0.2) is 0 Å². The van der Waals surface area contributed by atoms with Crippen molar-refractivity contribution in [2.24, 2.45) is 0 Å². The van der Waals surface area contributed by atoms with Crippen molar-refractivity contribution in [3.63, 3.8) is 0 Å². The maximum atomic E-state index is 3.56. The zero-order valence-corrected chi connectivity index (χ0v) is 12.4. The van der Waals surface area contributed by atoms with Crippen LogP contribution >= 0.6 is 27.3 Å². The second-order valence-electron chi connectivity index (χ2n) is 4.00. The molecule has 1 aromatic heterocycles. The second kappa shape index (κ2) is 5.69. The van der Waals surface area contributed by atoms with E-state index >= 15 is 0 Å². The van der Waals surface area contributed by atoms with Crippen LogP contribution in [0.25, 0.3) is 0 Å². The summed E-state index contributed by atoms with van der Waals surface area (Å²) in [5.41, 5.74) is 1.14. The van der Waals surface area contributed by atoms with E-state index in [0.717, 1.165) is 16.6 Å². The highest BCUT2D eigenvalue weighted by Gasteiger charge is 2.09. The zero-order chi connectivity index (χ0) is 12.3. The van der Waals surface area contributed by atoms with Gasteiger partial charge in [-0.15, -0.1) is 11.3 Å². The zero-order valence-electron chi connectivity index (χ0n) is 10.0. The molecule has 90 valence electrons. The van der Waals surface area contributed by atoms with E-state index in [1.807, 2.05) is 23.5 Å². The topological polar surface area (TPSA) is 12.0 Å². The fraction of sp³-hybridized carbons (Fsp3) is 0.286. The number of halogens is 1. The lowest BCUT2D eigenvalue weighted by atomic mass is 10.2. The Hall–Kier alpha value is -0.800. The fourth-order valence-electron chi connectivity index (χ4n) is 1.70. The van der Waals surface area contributed by atoms with Gasteiger partial charge in [0.25, 0.3) is 0 Å². The molecule has 1 atom stereocenters. The lowest BCUT2D eigenvalue weighted by Gasteiger charge is -2.14. The molecule has 1 nitrogen and oxygen atoms in total. The van der Waals surface area contributed by atoms with Crippen LogP contribution in [0.4, 0.5) is 5.69 Å². The summed E-state index contributed by atoms with van der Waals surface area (Å²) >= 11 is 5.45. The average molecular weight is 310 g/mol. The predicted octanol–water partition coefficient (Wildman–Crippen LogP) is 5.25. The Morgan fingerprint density at radius 1 is 1.24 bits per heavy atom. The van der Waals surface area contributed by atoms with Gasteiger partial charge in [0.15, 0.2) is 0 Å². The lowest BCUT2D eigenvalue weighted by molar-refractivity contribution is 0.907. The molecular formula is C14H16BrNS. The molecule has 0 fully saturated rings. The molecule has 17 heavy (non-hydrogen) atoms. The van der Waals surface area contributed by atoms with E-state index in [-0.39, 0.29) is 0 Å². The van der Waals surface area contributed by atoms with E-state index in [9.17, 15) is 0 Å². The van der Waals surface area contributed by atoms with Gasteiger partial charge in [0.1, 0.15) is 0 Å². The monoisotopic (exact) mass is 309 g/mol. The molecule has 0 aliphatic heterocycles. The van der Waals surface area contributed by atoms with Gasteiger partial charge in [-0.1, -0.05) is 19.1 Å². The van der Waals surface area contributed by atoms with Gasteiger partial charge in [-0.3, -0.25) is 0 Å². The summed E-state index contributed by atoms with van der Waals surface area (Å²) in [5, 5.41) is 3.53. The van der Waals surface area contributed by atoms with Gasteiger partial charge in [-0.2, -0.15) is 0 Å². The standard InChI is InChI=1S/C14H16BrNS/c1-3-11-8-9-14(17-11)10(2)16-13-7-5-4-6-12(13)15/h4-10,16H,3H2,1-2H3. The first-order chi connectivity index (χ1) is 8.20. The molecule has 1 aromatic carbocycles. The van der Waals surface area contributed by atoms with E-state index in [0.29, 0.717) is 6.04 Å². The molecule has 0 amide bonds. The van der Waals surface area contributed by atoms with Crippen LogP contribution < -0.4 is 5.32 Å². The normalized spacial score (nSPS) is 12.4. The van der Waals surface area contributed by atoms with Crippen LogP contribution in [0.15, 0.2) is 40.9 Å². The highest BCUT2D eigenvalue weighted by Crippen LogP contribution is 2.29. The quantitative estimate of drug-likeness (QED) is 0.813. The number of nitrogens with one attached hydrogen (secondary N) is 1. The van der Waals surface area contributed by atoms with Gasteiger partial charge >= 0.3 is 0 Å². The van der Waals surface area contributed by atoms with Gasteiger partial charge < -0.3 is 5.32 Å². The van der Waals surface area contributed by atoms with Crippen molar-refractivity contribution in [1.82, 2.24) is 0 Å². The maximum Gasteiger partial charge on any atom is 0.0578 e. The third kappa shape index (κ3) is 3.11. The number of anilines is 1. The molecular weight excluding hydrogens is 294 g/mol. The smallest absolute Gasteiger partial charge is 0.0578 e. The molecule has 0 saturated heterocycles. The first kappa shape index (κ1) is 12.7. The Bertz CT molecular complexity index is 492. The third-order valence-electron chi connectivity index (χ3n) is 2.70. The molecule has 3 heteroatoms. The van der Waals surface area contributed by atoms with Crippen LogP contribution in [0.5, 0.6) is 0 Å². The Kier molecular flexibility index (Phi) is 4.24. The van der Waals surface area contributed by atoms with Crippen molar-refractivity contribution in [3.05, 3.63) is 50.6 Å². The molecule has 0 aliphatic carbocycles. The van der Waals surface area contributed by atoms with E-state index < -0.39 is 0 Å². The Labute approximate surface area is 115 Å². The summed E-state index contributed by atoms with van der Waals surface area (Å²) < 4.78 is 1.11. The highest BCUT2D eigenvalue weighted by atomic mass is 79.9. The molecule has 0 aliphatic rings. The van der Waals surface area contributed by atoms with Gasteiger partial charge in [0.05, 0.1) is 6.04 Å². The number of benzene rings is 1. The summed E-state index contributed by atoms with van der Waals surface area (Å²) in [7, 11) is 0. The van der Waals surface area contributed by atoms with Gasteiger partial charge in [0, 0.05) is 19.9 Å². The Balaban J connectivity index is 2.11. The van der Waals surface area contributed by atoms with E-state index in [4.69, 9.17) is 0 Å². The van der Waals surface area contributed by atoms with Crippen LogP contribution in [-0.2, 0) is 6.42 Å². The molecule has 1 heterocycles. The van der Waals surface area contributed by atoms with Crippen LogP contribution in [0, 0.1) is 0 Å². The third-order valence-corrected chi connectivity index (χ3v) is 4.81. The SMILES string of the molecule is CCc1ccc(C(C)Nc2ccccc2Br)s1. The lowest BCUT2D eigenvalue weighted by Crippen LogP contribution is -2.04. The minimum absolute atomic E-state index is 0.346. The van der Waals surface area contributed by atoms with Crippen LogP contribution in [0.2, 0.25) is 0 Å². The largest absolute Gasteiger partial charge is 0.377 e. The van der Waals surface area contributed by atoms with E-state index in [1.54, 1.807) is 0 Å². The second-order valence-corrected chi connectivity index (χ2v) is 6.06. The van der Waals surface area contributed by atoms with Gasteiger partial charge in [-0.25, -0.2) is 0 Å². The summed E-state index contributed by atoms with van der Waals surface area (Å²) in [4.78, 5) is 2.83. The Morgan fingerprint density at radius 2 is 2.00 bits per heavy atom. The van der Waals surface area contributed by atoms with Crippen molar-refractivity contribution >= 4 is 33.0 Å². The fourth-order valence-corrected chi connectivity index (χ4v) is 3.05. The molecule has 1 N–H and O–H groups in total. The summed E-state index contributed by atoms with van der Waals surface area (Å²) in [6, 6.07) is 13.0. The molecule has 2 rings (SSSR count). The van der Waals surface area contributed by atoms with E-state index in [2.05, 4.69) is 59.4 Å². The van der Waals surface area contributed by atoms with Gasteiger partial charge in [0.2, 0.25) is 0 Å². The van der Waals surface area contributed by atoms with Crippen LogP contribution in [0.1, 0.15) is 29.6 Å². The highest BCUT2D eigenvalue weighted by molar-refractivity contribution is 9.10. The number of hydrogen-bond donors (Lipinski definition) is 1. The maximum absolute atomic E-state index is 3.56. The average Bonchev–Trinajstić information content (AvgIpc) is 2.81. The first-order valence-electron chi connectivity index (χ1n) is 5.80. The molecule has 0 saturated carbocycles. The minimum Gasteiger partial charge on any atom is -0.377 e. The number of thiophene rings is 1. The van der Waals surface area contributed by atoms with Crippen molar-refractivity contribution in [2.45, 2.75) is 26.3 Å². The van der Waals surface area contributed by atoms with Crippen LogP contribution in [0.3, 0.4) is 0 Å². The summed E-state index contributed by atoms with van der Waals surface area (Å²) in [5.74, 6) is 0. The van der Waals surface area contributed by atoms with E-state index in [1.165, 1.54) is 9.75 Å². The van der Waals surface area contributed by atoms with Gasteiger partial charge in [-0.05, 0) is 53.5 Å². The van der Waals surface area contributed by atoms with Crippen molar-refractivity contribution in [1.29, 1.82) is 0 Å². The molecule has 1 unspecified atom stereocenters. The van der Waals surface area contributed by atoms with Crippen molar-refractivity contribution in [2.75, 3.05) is 5.32 Å². The minimum atomic E-state index is 0.346. The molecule has 0 radical (unpaired) electrons.